The van der Waals surface area contributed by atoms with E-state index in [4.69, 9.17) is 5.11 Å². The molecular weight excluding hydrogens is 214 g/mol. The molecule has 1 fully saturated rings. The molecule has 1 rings (SSSR count). The van der Waals surface area contributed by atoms with Crippen LogP contribution in [0.3, 0.4) is 0 Å². The first kappa shape index (κ1) is 12.3. The van der Waals surface area contributed by atoms with Crippen molar-refractivity contribution in [2.24, 2.45) is 0 Å². The van der Waals surface area contributed by atoms with E-state index in [0.717, 1.165) is 0 Å². The van der Waals surface area contributed by atoms with Gasteiger partial charge in [0.1, 0.15) is 6.04 Å². The Morgan fingerprint density at radius 1 is 1.62 bits per heavy atom. The van der Waals surface area contributed by atoms with Crippen molar-refractivity contribution in [2.75, 3.05) is 19.6 Å². The van der Waals surface area contributed by atoms with E-state index >= 15 is 0 Å². The van der Waals surface area contributed by atoms with Crippen LogP contribution in [0.4, 0.5) is 4.79 Å². The van der Waals surface area contributed by atoms with Gasteiger partial charge in [-0.2, -0.15) is 0 Å². The quantitative estimate of drug-likeness (QED) is 0.577. The van der Waals surface area contributed by atoms with E-state index in [9.17, 15) is 14.4 Å². The van der Waals surface area contributed by atoms with E-state index in [1.165, 1.54) is 4.90 Å². The zero-order valence-electron chi connectivity index (χ0n) is 9.02. The summed E-state index contributed by atoms with van der Waals surface area (Å²) in [6, 6.07) is -0.915. The number of carboxylic acids is 1. The van der Waals surface area contributed by atoms with Gasteiger partial charge in [-0.3, -0.25) is 9.59 Å². The summed E-state index contributed by atoms with van der Waals surface area (Å²) in [5.74, 6) is -1.16. The molecule has 1 aliphatic rings. The lowest BCUT2D eigenvalue weighted by Gasteiger charge is -2.32. The summed E-state index contributed by atoms with van der Waals surface area (Å²) in [5, 5.41) is 13.5. The summed E-state index contributed by atoms with van der Waals surface area (Å²) in [5.41, 5.74) is 0. The van der Waals surface area contributed by atoms with E-state index in [1.807, 2.05) is 0 Å². The second-order valence-corrected chi connectivity index (χ2v) is 3.54. The minimum absolute atomic E-state index is 0.0685. The van der Waals surface area contributed by atoms with E-state index in [2.05, 4.69) is 10.6 Å². The molecule has 1 saturated heterocycles. The predicted molar refractivity (Wildman–Crippen MR) is 54.8 cm³/mol. The largest absolute Gasteiger partial charge is 0.481 e. The minimum atomic E-state index is -0.968. The van der Waals surface area contributed by atoms with Crippen LogP contribution in [-0.4, -0.2) is 53.6 Å². The molecule has 0 aromatic carbocycles. The zero-order chi connectivity index (χ0) is 12.1. The number of nitrogens with one attached hydrogen (secondary N) is 2. The monoisotopic (exact) mass is 229 g/mol. The van der Waals surface area contributed by atoms with Crippen LogP contribution >= 0.6 is 0 Å². The molecule has 1 heterocycles. The number of carbonyl (C=O) groups is 3. The van der Waals surface area contributed by atoms with Gasteiger partial charge in [-0.1, -0.05) is 0 Å². The Bertz CT molecular complexity index is 305. The van der Waals surface area contributed by atoms with Gasteiger partial charge in [-0.15, -0.1) is 0 Å². The van der Waals surface area contributed by atoms with Crippen LogP contribution < -0.4 is 10.6 Å². The number of hydrogen-bond acceptors (Lipinski definition) is 3. The average Bonchev–Trinajstić information content (AvgIpc) is 2.21. The van der Waals surface area contributed by atoms with Gasteiger partial charge < -0.3 is 20.6 Å². The van der Waals surface area contributed by atoms with Gasteiger partial charge in [0, 0.05) is 19.6 Å². The lowest BCUT2D eigenvalue weighted by Crippen LogP contribution is -2.58. The Labute approximate surface area is 92.8 Å². The van der Waals surface area contributed by atoms with Crippen LogP contribution in [0.25, 0.3) is 0 Å². The van der Waals surface area contributed by atoms with Gasteiger partial charge in [0.15, 0.2) is 0 Å². The van der Waals surface area contributed by atoms with Gasteiger partial charge >= 0.3 is 12.0 Å². The maximum absolute atomic E-state index is 11.6. The van der Waals surface area contributed by atoms with E-state index in [0.29, 0.717) is 13.1 Å². The van der Waals surface area contributed by atoms with Gasteiger partial charge in [-0.25, -0.2) is 4.79 Å². The molecule has 0 aromatic heterocycles. The first-order valence-electron chi connectivity index (χ1n) is 5.06. The Morgan fingerprint density at radius 2 is 2.31 bits per heavy atom. The number of urea groups is 1. The molecule has 0 saturated carbocycles. The van der Waals surface area contributed by atoms with Crippen LogP contribution in [0.1, 0.15) is 13.3 Å². The molecule has 7 heteroatoms. The topological polar surface area (TPSA) is 98.7 Å². The molecule has 3 amide bonds. The van der Waals surface area contributed by atoms with Crippen molar-refractivity contribution in [1.29, 1.82) is 0 Å². The molecule has 7 nitrogen and oxygen atoms in total. The highest BCUT2D eigenvalue weighted by molar-refractivity contribution is 5.87. The molecule has 0 radical (unpaired) electrons. The van der Waals surface area contributed by atoms with Crippen LogP contribution in [0.5, 0.6) is 0 Å². The zero-order valence-corrected chi connectivity index (χ0v) is 9.02. The number of carboxylic acid groups (broad SMARTS) is 1. The van der Waals surface area contributed by atoms with Crippen molar-refractivity contribution >= 4 is 17.9 Å². The Balaban J connectivity index is 2.40. The minimum Gasteiger partial charge on any atom is -0.481 e. The van der Waals surface area contributed by atoms with Gasteiger partial charge in [0.05, 0.1) is 6.42 Å². The summed E-state index contributed by atoms with van der Waals surface area (Å²) < 4.78 is 0. The Hall–Kier alpha value is -1.79. The average molecular weight is 229 g/mol. The van der Waals surface area contributed by atoms with E-state index in [-0.39, 0.29) is 18.9 Å². The van der Waals surface area contributed by atoms with Gasteiger partial charge in [0.2, 0.25) is 5.91 Å². The van der Waals surface area contributed by atoms with Crippen molar-refractivity contribution in [2.45, 2.75) is 19.4 Å². The van der Waals surface area contributed by atoms with Crippen molar-refractivity contribution in [3.63, 3.8) is 0 Å². The second-order valence-electron chi connectivity index (χ2n) is 3.54. The number of nitrogens with zero attached hydrogens (tertiary/aromatic N) is 1. The highest BCUT2D eigenvalue weighted by Crippen LogP contribution is 2.03. The summed E-state index contributed by atoms with van der Waals surface area (Å²) in [7, 11) is 0. The maximum atomic E-state index is 11.6. The summed E-state index contributed by atoms with van der Waals surface area (Å²) in [4.78, 5) is 34.5. The highest BCUT2D eigenvalue weighted by Gasteiger charge is 2.28. The molecule has 1 unspecified atom stereocenters. The van der Waals surface area contributed by atoms with Crippen molar-refractivity contribution in [3.05, 3.63) is 0 Å². The number of carbonyl (C=O) groups excluding carboxylic acids is 2. The third kappa shape index (κ3) is 3.11. The fourth-order valence-corrected chi connectivity index (χ4v) is 1.44. The van der Waals surface area contributed by atoms with E-state index in [1.54, 1.807) is 6.92 Å². The molecule has 3 N–H and O–H groups in total. The molecular formula is C9H15N3O4. The molecule has 0 aromatic rings. The molecule has 0 bridgehead atoms. The Morgan fingerprint density at radius 3 is 2.94 bits per heavy atom. The highest BCUT2D eigenvalue weighted by atomic mass is 16.4. The summed E-state index contributed by atoms with van der Waals surface area (Å²) >= 11 is 0. The number of aliphatic carboxylic acids is 1. The first-order chi connectivity index (χ1) is 7.52. The van der Waals surface area contributed by atoms with Crippen LogP contribution in [0.15, 0.2) is 0 Å². The predicted octanol–water partition coefficient (Wildman–Crippen LogP) is -1.01. The smallest absolute Gasteiger partial charge is 0.318 e. The number of rotatable bonds is 3. The van der Waals surface area contributed by atoms with Crippen LogP contribution in [0, 0.1) is 0 Å². The SMILES string of the molecule is CC1C(=O)NCCN1C(=O)NCCC(=O)O. The van der Waals surface area contributed by atoms with Crippen molar-refractivity contribution in [1.82, 2.24) is 15.5 Å². The van der Waals surface area contributed by atoms with Crippen molar-refractivity contribution in [3.8, 4) is 0 Å². The number of hydrogen-bond donors (Lipinski definition) is 3. The molecule has 1 aliphatic heterocycles. The lowest BCUT2D eigenvalue weighted by atomic mass is 10.2. The molecule has 0 aliphatic carbocycles. The fourth-order valence-electron chi connectivity index (χ4n) is 1.44. The molecule has 1 atom stereocenters. The maximum Gasteiger partial charge on any atom is 0.318 e. The van der Waals surface area contributed by atoms with Gasteiger partial charge in [-0.05, 0) is 6.92 Å². The number of amides is 3. The first-order valence-corrected chi connectivity index (χ1v) is 5.06. The Kier molecular flexibility index (Phi) is 4.10. The standard InChI is InChI=1S/C9H15N3O4/c1-6-8(15)10-4-5-12(6)9(16)11-3-2-7(13)14/h6H,2-5H2,1H3,(H,10,15)(H,11,16)(H,13,14). The summed E-state index contributed by atoms with van der Waals surface area (Å²) in [6.45, 7) is 2.56. The van der Waals surface area contributed by atoms with Crippen LogP contribution in [-0.2, 0) is 9.59 Å². The van der Waals surface area contributed by atoms with Crippen LogP contribution in [0.2, 0.25) is 0 Å². The lowest BCUT2D eigenvalue weighted by molar-refractivity contribution is -0.136. The summed E-state index contributed by atoms with van der Waals surface area (Å²) in [6.07, 6.45) is -0.125. The molecule has 0 spiro atoms. The van der Waals surface area contributed by atoms with Crippen molar-refractivity contribution < 1.29 is 19.5 Å². The normalized spacial score (nSPS) is 20.2. The van der Waals surface area contributed by atoms with Gasteiger partial charge in [0.25, 0.3) is 0 Å². The third-order valence-electron chi connectivity index (χ3n) is 2.37. The second kappa shape index (κ2) is 5.34. The third-order valence-corrected chi connectivity index (χ3v) is 2.37. The number of piperazine rings is 1. The fraction of sp³-hybridized carbons (Fsp3) is 0.667. The van der Waals surface area contributed by atoms with E-state index < -0.39 is 18.0 Å². The molecule has 16 heavy (non-hydrogen) atoms. The molecule has 90 valence electrons.